The summed E-state index contributed by atoms with van der Waals surface area (Å²) >= 11 is 1.43. The molecular weight excluding hydrogens is 332 g/mol. The minimum Gasteiger partial charge on any atom is -0.496 e. The van der Waals surface area contributed by atoms with Crippen molar-refractivity contribution in [3.8, 4) is 11.8 Å². The van der Waals surface area contributed by atoms with E-state index in [9.17, 15) is 10.1 Å². The van der Waals surface area contributed by atoms with Gasteiger partial charge in [0, 0.05) is 5.92 Å². The lowest BCUT2D eigenvalue weighted by molar-refractivity contribution is -0.120. The highest BCUT2D eigenvalue weighted by Gasteiger charge is 2.48. The number of thiazole rings is 1. The second-order valence-corrected chi connectivity index (χ2v) is 7.24. The monoisotopic (exact) mass is 348 g/mol. The average molecular weight is 348 g/mol. The van der Waals surface area contributed by atoms with Crippen molar-refractivity contribution in [3.05, 3.63) is 59.1 Å². The molecule has 4 rings (SSSR count). The summed E-state index contributed by atoms with van der Waals surface area (Å²) in [5.41, 5.74) is 1.89. The minimum absolute atomic E-state index is 0.0301. The molecule has 1 aromatic heterocycles. The van der Waals surface area contributed by atoms with E-state index in [0.717, 1.165) is 28.0 Å². The molecule has 0 unspecified atom stereocenters. The summed E-state index contributed by atoms with van der Waals surface area (Å²) in [5, 5.41) is 10.2. The maximum atomic E-state index is 12.9. The Hall–Kier alpha value is -2.71. The van der Waals surface area contributed by atoms with Gasteiger partial charge in [-0.05, 0) is 36.1 Å². The van der Waals surface area contributed by atoms with Gasteiger partial charge < -0.3 is 4.74 Å². The first-order valence-electron chi connectivity index (χ1n) is 8.14. The number of benzene rings is 2. The lowest BCUT2D eigenvalue weighted by Crippen LogP contribution is -2.13. The molecule has 1 aliphatic rings. The number of Topliss-reactive ketones (excluding diaryl/α,β-unsaturated/α-hetero) is 1. The number of ketones is 1. The number of hydrogen-bond donors (Lipinski definition) is 0. The maximum absolute atomic E-state index is 12.9. The molecule has 3 atom stereocenters. The fourth-order valence-electron chi connectivity index (χ4n) is 3.29. The maximum Gasteiger partial charge on any atom is 0.160 e. The first-order chi connectivity index (χ1) is 12.2. The smallest absolute Gasteiger partial charge is 0.160 e. The number of hydrogen-bond acceptors (Lipinski definition) is 5. The summed E-state index contributed by atoms with van der Waals surface area (Å²) in [5.74, 6) is -0.0160. The van der Waals surface area contributed by atoms with E-state index in [-0.39, 0.29) is 17.6 Å². The number of carbonyl (C=O) groups excluding carboxylic acids is 1. The quantitative estimate of drug-likeness (QED) is 0.690. The normalized spacial score (nSPS) is 20.0. The zero-order valence-corrected chi connectivity index (χ0v) is 14.5. The van der Waals surface area contributed by atoms with E-state index in [4.69, 9.17) is 4.74 Å². The van der Waals surface area contributed by atoms with Gasteiger partial charge in [0.15, 0.2) is 11.7 Å². The topological polar surface area (TPSA) is 63.0 Å². The van der Waals surface area contributed by atoms with Crippen LogP contribution in [0.1, 0.15) is 28.8 Å². The molecule has 2 aromatic carbocycles. The summed E-state index contributed by atoms with van der Waals surface area (Å²) in [7, 11) is 1.64. The number of rotatable bonds is 5. The molecule has 0 N–H and O–H groups in total. The zero-order chi connectivity index (χ0) is 17.4. The van der Waals surface area contributed by atoms with Crippen molar-refractivity contribution >= 4 is 27.3 Å². The lowest BCUT2D eigenvalue weighted by Gasteiger charge is -2.08. The molecule has 25 heavy (non-hydrogen) atoms. The van der Waals surface area contributed by atoms with E-state index >= 15 is 0 Å². The molecule has 124 valence electrons. The summed E-state index contributed by atoms with van der Waals surface area (Å²) in [6, 6.07) is 17.7. The molecule has 3 aromatic rings. The molecule has 1 heterocycles. The highest BCUT2D eigenvalue weighted by molar-refractivity contribution is 7.18. The van der Waals surface area contributed by atoms with Crippen molar-refractivity contribution in [2.24, 2.45) is 5.92 Å². The summed E-state index contributed by atoms with van der Waals surface area (Å²) in [4.78, 5) is 17.4. The van der Waals surface area contributed by atoms with Gasteiger partial charge in [-0.2, -0.15) is 5.26 Å². The second kappa shape index (κ2) is 6.30. The Morgan fingerprint density at radius 1 is 1.28 bits per heavy atom. The van der Waals surface area contributed by atoms with Crippen molar-refractivity contribution in [2.75, 3.05) is 7.11 Å². The van der Waals surface area contributed by atoms with Gasteiger partial charge in [-0.25, -0.2) is 4.98 Å². The van der Waals surface area contributed by atoms with Gasteiger partial charge in [0.1, 0.15) is 10.8 Å². The number of nitrogens with zero attached hydrogens (tertiary/aromatic N) is 2. The molecule has 0 spiro atoms. The van der Waals surface area contributed by atoms with Crippen molar-refractivity contribution in [1.29, 1.82) is 5.26 Å². The molecule has 0 aliphatic heterocycles. The van der Waals surface area contributed by atoms with Gasteiger partial charge in [-0.3, -0.25) is 4.79 Å². The van der Waals surface area contributed by atoms with Crippen LogP contribution in [0.4, 0.5) is 0 Å². The van der Waals surface area contributed by atoms with Gasteiger partial charge in [0.2, 0.25) is 0 Å². The SMILES string of the molecule is COc1ccccc1[C@@H]1C[C@H]1C(=O)[C@H](C#N)c1nc2ccccc2s1. The summed E-state index contributed by atoms with van der Waals surface area (Å²) < 4.78 is 6.40. The van der Waals surface area contributed by atoms with Gasteiger partial charge in [-0.1, -0.05) is 30.3 Å². The Balaban J connectivity index is 1.59. The van der Waals surface area contributed by atoms with Crippen molar-refractivity contribution in [3.63, 3.8) is 0 Å². The van der Waals surface area contributed by atoms with Gasteiger partial charge in [-0.15, -0.1) is 11.3 Å². The average Bonchev–Trinajstić information content (AvgIpc) is 3.34. The van der Waals surface area contributed by atoms with Crippen LogP contribution >= 0.6 is 11.3 Å². The minimum atomic E-state index is -0.790. The standard InChI is InChI=1S/C20H16N2O2S/c1-24-17-8-4-2-6-12(17)13-10-14(13)19(23)15(11-21)20-22-16-7-3-5-9-18(16)25-20/h2-9,13-15H,10H2,1H3/t13-,14+,15-/m0/s1. The highest BCUT2D eigenvalue weighted by Crippen LogP contribution is 2.52. The Morgan fingerprint density at radius 3 is 2.80 bits per heavy atom. The molecule has 0 amide bonds. The fraction of sp³-hybridized carbons (Fsp3) is 0.250. The third kappa shape index (κ3) is 2.79. The Morgan fingerprint density at radius 2 is 2.04 bits per heavy atom. The second-order valence-electron chi connectivity index (χ2n) is 6.17. The predicted molar refractivity (Wildman–Crippen MR) is 96.8 cm³/mol. The first-order valence-corrected chi connectivity index (χ1v) is 8.96. The Kier molecular flexibility index (Phi) is 3.98. The number of ether oxygens (including phenoxy) is 1. The van der Waals surface area contributed by atoms with Crippen LogP contribution in [0, 0.1) is 17.2 Å². The Labute approximate surface area is 149 Å². The first kappa shape index (κ1) is 15.8. The van der Waals surface area contributed by atoms with Crippen LogP contribution in [0.25, 0.3) is 10.2 Å². The van der Waals surface area contributed by atoms with Gasteiger partial charge >= 0.3 is 0 Å². The van der Waals surface area contributed by atoms with Crippen LogP contribution in [-0.4, -0.2) is 17.9 Å². The van der Waals surface area contributed by atoms with E-state index in [0.29, 0.717) is 5.01 Å². The molecule has 0 radical (unpaired) electrons. The van der Waals surface area contributed by atoms with E-state index in [1.54, 1.807) is 7.11 Å². The molecule has 5 heteroatoms. The number of aromatic nitrogens is 1. The van der Waals surface area contributed by atoms with Crippen LogP contribution in [0.2, 0.25) is 0 Å². The number of carbonyl (C=O) groups is 1. The molecule has 0 bridgehead atoms. The number of nitriles is 1. The van der Waals surface area contributed by atoms with Crippen molar-refractivity contribution in [2.45, 2.75) is 18.3 Å². The predicted octanol–water partition coefficient (Wildman–Crippen LogP) is 4.28. The molecular formula is C20H16N2O2S. The van der Waals surface area contributed by atoms with Crippen LogP contribution < -0.4 is 4.74 Å². The Bertz CT molecular complexity index is 956. The lowest BCUT2D eigenvalue weighted by atomic mass is 9.99. The third-order valence-electron chi connectivity index (χ3n) is 4.67. The zero-order valence-electron chi connectivity index (χ0n) is 13.7. The number of para-hydroxylation sites is 2. The summed E-state index contributed by atoms with van der Waals surface area (Å²) in [6.07, 6.45) is 0.766. The third-order valence-corrected chi connectivity index (χ3v) is 5.77. The van der Waals surface area contributed by atoms with Crippen molar-refractivity contribution in [1.82, 2.24) is 4.98 Å². The van der Waals surface area contributed by atoms with Crippen LogP contribution in [0.15, 0.2) is 48.5 Å². The van der Waals surface area contributed by atoms with E-state index in [1.807, 2.05) is 48.5 Å². The van der Waals surface area contributed by atoms with Crippen molar-refractivity contribution < 1.29 is 9.53 Å². The highest BCUT2D eigenvalue weighted by atomic mass is 32.1. The van der Waals surface area contributed by atoms with Gasteiger partial charge in [0.05, 0.1) is 23.4 Å². The van der Waals surface area contributed by atoms with E-state index in [2.05, 4.69) is 11.1 Å². The van der Waals surface area contributed by atoms with Crippen LogP contribution in [-0.2, 0) is 4.79 Å². The molecule has 1 aliphatic carbocycles. The number of methoxy groups -OCH3 is 1. The summed E-state index contributed by atoms with van der Waals surface area (Å²) in [6.45, 7) is 0. The fourth-order valence-corrected chi connectivity index (χ4v) is 4.31. The van der Waals surface area contributed by atoms with Gasteiger partial charge in [0.25, 0.3) is 0 Å². The van der Waals surface area contributed by atoms with Crippen LogP contribution in [0.5, 0.6) is 5.75 Å². The molecule has 0 saturated heterocycles. The number of fused-ring (bicyclic) bond motifs is 1. The van der Waals surface area contributed by atoms with E-state index < -0.39 is 5.92 Å². The molecule has 1 fully saturated rings. The molecule has 4 nitrogen and oxygen atoms in total. The largest absolute Gasteiger partial charge is 0.496 e. The van der Waals surface area contributed by atoms with E-state index in [1.165, 1.54) is 11.3 Å². The van der Waals surface area contributed by atoms with Crippen LogP contribution in [0.3, 0.4) is 0 Å². The molecule has 1 saturated carbocycles.